The summed E-state index contributed by atoms with van der Waals surface area (Å²) in [6, 6.07) is 10.3. The number of methoxy groups -OCH3 is 1. The average molecular weight is 459 g/mol. The predicted molar refractivity (Wildman–Crippen MR) is 120 cm³/mol. The van der Waals surface area contributed by atoms with Crippen molar-refractivity contribution in [1.29, 1.82) is 0 Å². The first kappa shape index (κ1) is 23.1. The number of amides is 1. The quantitative estimate of drug-likeness (QED) is 0.444. The van der Waals surface area contributed by atoms with E-state index in [0.29, 0.717) is 29.2 Å². The largest absolute Gasteiger partial charge is 0.497 e. The predicted octanol–water partition coefficient (Wildman–Crippen LogP) is 3.56. The second-order valence-corrected chi connectivity index (χ2v) is 7.32. The van der Waals surface area contributed by atoms with Gasteiger partial charge in [-0.15, -0.1) is 0 Å². The van der Waals surface area contributed by atoms with Crippen LogP contribution in [0.5, 0.6) is 17.2 Å². The maximum absolute atomic E-state index is 12.4. The lowest BCUT2D eigenvalue weighted by Gasteiger charge is -2.16. The number of carbonyl (C=O) groups is 2. The number of halogens is 1. The first-order valence-electron chi connectivity index (χ1n) is 9.78. The Kier molecular flexibility index (Phi) is 7.37. The van der Waals surface area contributed by atoms with Gasteiger partial charge < -0.3 is 23.8 Å². The number of esters is 1. The molecule has 2 aromatic rings. The minimum absolute atomic E-state index is 0.109. The molecule has 0 unspecified atom stereocenters. The molecule has 168 valence electrons. The van der Waals surface area contributed by atoms with Crippen molar-refractivity contribution in [2.24, 2.45) is 4.99 Å². The van der Waals surface area contributed by atoms with Crippen molar-refractivity contribution >= 4 is 35.5 Å². The number of rotatable bonds is 8. The molecule has 9 heteroatoms. The van der Waals surface area contributed by atoms with Crippen LogP contribution in [0.15, 0.2) is 47.1 Å². The second kappa shape index (κ2) is 10.2. The fraction of sp³-hybridized carbons (Fsp3) is 0.261. The van der Waals surface area contributed by atoms with E-state index in [1.165, 1.54) is 4.90 Å². The van der Waals surface area contributed by atoms with Crippen molar-refractivity contribution < 1.29 is 28.5 Å². The average Bonchev–Trinajstić information content (AvgIpc) is 3.13. The Morgan fingerprint density at radius 3 is 2.69 bits per heavy atom. The van der Waals surface area contributed by atoms with E-state index < -0.39 is 5.97 Å². The number of carbonyl (C=O) groups excluding carboxylic acids is 2. The molecule has 0 fully saturated rings. The number of ether oxygens (including phenoxy) is 4. The number of hydrogen-bond donors (Lipinski definition) is 0. The van der Waals surface area contributed by atoms with E-state index in [-0.39, 0.29) is 34.9 Å². The van der Waals surface area contributed by atoms with Gasteiger partial charge in [0.25, 0.3) is 5.91 Å². The smallest absolute Gasteiger partial charge is 0.363 e. The topological polar surface area (TPSA) is 86.7 Å². The number of benzene rings is 2. The normalized spacial score (nSPS) is 14.1. The lowest BCUT2D eigenvalue weighted by atomic mass is 10.1. The first-order valence-corrected chi connectivity index (χ1v) is 10.2. The fourth-order valence-corrected chi connectivity index (χ4v) is 3.06. The number of aliphatic imine (C=N–C) groups is 1. The van der Waals surface area contributed by atoms with E-state index in [1.54, 1.807) is 63.7 Å². The molecule has 1 aliphatic rings. The Morgan fingerprint density at radius 2 is 2.00 bits per heavy atom. The summed E-state index contributed by atoms with van der Waals surface area (Å²) in [4.78, 5) is 29.9. The highest BCUT2D eigenvalue weighted by Crippen LogP contribution is 2.37. The van der Waals surface area contributed by atoms with Crippen molar-refractivity contribution in [2.75, 3.05) is 34.4 Å². The third kappa shape index (κ3) is 5.39. The van der Waals surface area contributed by atoms with Gasteiger partial charge >= 0.3 is 5.97 Å². The summed E-state index contributed by atoms with van der Waals surface area (Å²) >= 11 is 6.39. The Morgan fingerprint density at radius 1 is 1.22 bits per heavy atom. The van der Waals surface area contributed by atoms with Gasteiger partial charge in [0.05, 0.1) is 18.7 Å². The number of likely N-dealkylation sites (N-methyl/N-ethyl adjacent to an activating group) is 1. The van der Waals surface area contributed by atoms with Crippen molar-refractivity contribution in [2.45, 2.75) is 6.92 Å². The van der Waals surface area contributed by atoms with E-state index >= 15 is 0 Å². The molecule has 0 atom stereocenters. The van der Waals surface area contributed by atoms with Crippen LogP contribution in [0.2, 0.25) is 5.02 Å². The molecular formula is C23H23ClN2O6. The van der Waals surface area contributed by atoms with Crippen molar-refractivity contribution in [3.05, 3.63) is 58.2 Å². The van der Waals surface area contributed by atoms with Crippen LogP contribution in [0.1, 0.15) is 18.1 Å². The fourth-order valence-electron chi connectivity index (χ4n) is 2.78. The van der Waals surface area contributed by atoms with Crippen LogP contribution in [-0.4, -0.2) is 57.1 Å². The summed E-state index contributed by atoms with van der Waals surface area (Å²) in [5.41, 5.74) is 1.29. The molecule has 0 saturated carbocycles. The van der Waals surface area contributed by atoms with Gasteiger partial charge in [-0.25, -0.2) is 9.79 Å². The highest BCUT2D eigenvalue weighted by Gasteiger charge is 2.25. The highest BCUT2D eigenvalue weighted by molar-refractivity contribution is 6.32. The van der Waals surface area contributed by atoms with Crippen LogP contribution >= 0.6 is 11.6 Å². The maximum Gasteiger partial charge on any atom is 0.363 e. The summed E-state index contributed by atoms with van der Waals surface area (Å²) in [6.45, 7) is 1.98. The van der Waals surface area contributed by atoms with E-state index in [4.69, 9.17) is 30.5 Å². The lowest BCUT2D eigenvalue weighted by molar-refractivity contribution is -0.131. The monoisotopic (exact) mass is 458 g/mol. The summed E-state index contributed by atoms with van der Waals surface area (Å²) in [5.74, 6) is 0.590. The molecule has 0 aliphatic carbocycles. The van der Waals surface area contributed by atoms with Gasteiger partial charge in [-0.3, -0.25) is 4.79 Å². The van der Waals surface area contributed by atoms with Crippen LogP contribution in [0, 0.1) is 0 Å². The summed E-state index contributed by atoms with van der Waals surface area (Å²) in [6.07, 6.45) is 1.54. The van der Waals surface area contributed by atoms with Crippen molar-refractivity contribution in [1.82, 2.24) is 4.90 Å². The molecule has 2 aromatic carbocycles. The maximum atomic E-state index is 12.4. The first-order chi connectivity index (χ1) is 15.3. The Labute approximate surface area is 191 Å². The summed E-state index contributed by atoms with van der Waals surface area (Å²) < 4.78 is 21.7. The zero-order valence-corrected chi connectivity index (χ0v) is 18.9. The van der Waals surface area contributed by atoms with Crippen LogP contribution in [0.4, 0.5) is 0 Å². The molecule has 1 aliphatic heterocycles. The van der Waals surface area contributed by atoms with Gasteiger partial charge in [-0.1, -0.05) is 17.7 Å². The molecule has 32 heavy (non-hydrogen) atoms. The SMILES string of the molecule is CCOc1cc(/C=C2/N=C(c3cccc(OC)c3)OC2=O)cc(Cl)c1OCC(=O)N(C)C. The lowest BCUT2D eigenvalue weighted by Crippen LogP contribution is -2.27. The molecule has 1 heterocycles. The molecule has 0 saturated heterocycles. The van der Waals surface area contributed by atoms with Gasteiger partial charge in [0.15, 0.2) is 23.8 Å². The van der Waals surface area contributed by atoms with E-state index in [0.717, 1.165) is 0 Å². The molecule has 3 rings (SSSR count). The standard InChI is InChI=1S/C23H23ClN2O6/c1-5-30-19-11-14(9-17(24)21(19)31-13-20(27)26(2)3)10-18-23(28)32-22(25-18)15-7-6-8-16(12-15)29-4/h6-12H,5,13H2,1-4H3/b18-10+. The van der Waals surface area contributed by atoms with Gasteiger partial charge in [0, 0.05) is 19.7 Å². The molecule has 8 nitrogen and oxygen atoms in total. The minimum atomic E-state index is -0.589. The molecule has 1 amide bonds. The molecule has 0 bridgehead atoms. The third-order valence-corrected chi connectivity index (χ3v) is 4.69. The van der Waals surface area contributed by atoms with Crippen LogP contribution in [0.3, 0.4) is 0 Å². The van der Waals surface area contributed by atoms with Crippen molar-refractivity contribution in [3.63, 3.8) is 0 Å². The second-order valence-electron chi connectivity index (χ2n) is 6.91. The number of hydrogen-bond acceptors (Lipinski definition) is 7. The van der Waals surface area contributed by atoms with Crippen LogP contribution < -0.4 is 14.2 Å². The van der Waals surface area contributed by atoms with E-state index in [9.17, 15) is 9.59 Å². The van der Waals surface area contributed by atoms with E-state index in [1.807, 2.05) is 6.92 Å². The Balaban J connectivity index is 1.90. The molecule has 0 radical (unpaired) electrons. The Bertz CT molecular complexity index is 1090. The molecular weight excluding hydrogens is 436 g/mol. The number of nitrogens with zero attached hydrogens (tertiary/aromatic N) is 2. The van der Waals surface area contributed by atoms with Gasteiger partial charge in [0.1, 0.15) is 5.75 Å². The zero-order valence-electron chi connectivity index (χ0n) is 18.2. The molecule has 0 aromatic heterocycles. The molecule has 0 spiro atoms. The van der Waals surface area contributed by atoms with Gasteiger partial charge in [0.2, 0.25) is 5.90 Å². The molecule has 0 N–H and O–H groups in total. The minimum Gasteiger partial charge on any atom is -0.497 e. The van der Waals surface area contributed by atoms with Crippen molar-refractivity contribution in [3.8, 4) is 17.2 Å². The Hall–Kier alpha value is -3.52. The van der Waals surface area contributed by atoms with Gasteiger partial charge in [-0.05, 0) is 48.9 Å². The van der Waals surface area contributed by atoms with Crippen LogP contribution in [-0.2, 0) is 14.3 Å². The summed E-state index contributed by atoms with van der Waals surface area (Å²) in [7, 11) is 4.82. The van der Waals surface area contributed by atoms with Gasteiger partial charge in [-0.2, -0.15) is 0 Å². The van der Waals surface area contributed by atoms with E-state index in [2.05, 4.69) is 4.99 Å². The third-order valence-electron chi connectivity index (χ3n) is 4.41. The summed E-state index contributed by atoms with van der Waals surface area (Å²) in [5, 5.41) is 0.234. The van der Waals surface area contributed by atoms with Crippen LogP contribution in [0.25, 0.3) is 6.08 Å². The zero-order chi connectivity index (χ0) is 23.3. The highest BCUT2D eigenvalue weighted by atomic mass is 35.5. The number of cyclic esters (lactones) is 1.